The molecular formula is C17H16FN3O6S2. The highest BCUT2D eigenvalue weighted by molar-refractivity contribution is 7.93. The summed E-state index contributed by atoms with van der Waals surface area (Å²) >= 11 is 0. The van der Waals surface area contributed by atoms with Crippen molar-refractivity contribution in [2.45, 2.75) is 18.1 Å². The molecule has 12 heteroatoms. The van der Waals surface area contributed by atoms with Crippen molar-refractivity contribution in [2.24, 2.45) is 0 Å². The van der Waals surface area contributed by atoms with Crippen LogP contribution in [0.5, 0.6) is 5.75 Å². The second-order valence-corrected chi connectivity index (χ2v) is 10.3. The molecule has 29 heavy (non-hydrogen) atoms. The van der Waals surface area contributed by atoms with Crippen LogP contribution in [0, 0.1) is 5.82 Å². The van der Waals surface area contributed by atoms with Gasteiger partial charge in [-0.2, -0.15) is 8.42 Å². The molecule has 1 aliphatic carbocycles. The van der Waals surface area contributed by atoms with E-state index in [1.165, 1.54) is 30.3 Å². The number of benzene rings is 2. The Bertz CT molecular complexity index is 1230. The van der Waals surface area contributed by atoms with Gasteiger partial charge in [-0.1, -0.05) is 12.1 Å². The summed E-state index contributed by atoms with van der Waals surface area (Å²) in [6, 6.07) is 8.28. The minimum Gasteiger partial charge on any atom is -0.506 e. The van der Waals surface area contributed by atoms with Crippen molar-refractivity contribution in [2.75, 3.05) is 15.6 Å². The third-order valence-electron chi connectivity index (χ3n) is 4.56. The van der Waals surface area contributed by atoms with E-state index in [9.17, 15) is 26.7 Å². The minimum atomic E-state index is -4.33. The Morgan fingerprint density at radius 1 is 1.21 bits per heavy atom. The zero-order valence-electron chi connectivity index (χ0n) is 14.8. The lowest BCUT2D eigenvalue weighted by Gasteiger charge is -2.19. The summed E-state index contributed by atoms with van der Waals surface area (Å²) in [5.41, 5.74) is -0.241. The molecule has 3 N–H and O–H groups in total. The molecule has 1 saturated carbocycles. The van der Waals surface area contributed by atoms with Crippen LogP contribution in [0.2, 0.25) is 0 Å². The number of phenolic OH excluding ortho intramolecular Hbond substituents is 1. The molecule has 154 valence electrons. The summed E-state index contributed by atoms with van der Waals surface area (Å²) in [5, 5.41) is 9.60. The van der Waals surface area contributed by atoms with Crippen molar-refractivity contribution >= 4 is 37.5 Å². The van der Waals surface area contributed by atoms with Gasteiger partial charge in [0.05, 0.1) is 5.25 Å². The summed E-state index contributed by atoms with van der Waals surface area (Å²) in [6.45, 7) is -0.669. The number of carbonyl (C=O) groups is 1. The summed E-state index contributed by atoms with van der Waals surface area (Å²) in [7, 11) is -7.84. The topological polar surface area (TPSA) is 133 Å². The van der Waals surface area contributed by atoms with E-state index in [4.69, 9.17) is 0 Å². The molecule has 1 saturated heterocycles. The molecule has 0 atom stereocenters. The second kappa shape index (κ2) is 6.59. The first-order chi connectivity index (χ1) is 13.6. The summed E-state index contributed by atoms with van der Waals surface area (Å²) in [4.78, 5) is 11.5. The Morgan fingerprint density at radius 3 is 2.55 bits per heavy atom. The molecule has 1 aliphatic heterocycles. The van der Waals surface area contributed by atoms with Crippen molar-refractivity contribution in [1.82, 2.24) is 4.72 Å². The van der Waals surface area contributed by atoms with Crippen molar-refractivity contribution in [1.29, 1.82) is 0 Å². The Morgan fingerprint density at radius 2 is 1.93 bits per heavy atom. The van der Waals surface area contributed by atoms with Crippen molar-refractivity contribution in [3.05, 3.63) is 42.2 Å². The number of nitrogens with one attached hydrogen (secondary N) is 2. The average molecular weight is 441 g/mol. The van der Waals surface area contributed by atoms with E-state index in [-0.39, 0.29) is 16.8 Å². The number of carbonyl (C=O) groups excluding carboxylic acids is 1. The monoisotopic (exact) mass is 441 g/mol. The van der Waals surface area contributed by atoms with Gasteiger partial charge in [-0.3, -0.25) is 9.52 Å². The van der Waals surface area contributed by atoms with Crippen LogP contribution < -0.4 is 13.7 Å². The highest BCUT2D eigenvalue weighted by Crippen LogP contribution is 2.39. The number of nitrogens with zero attached hydrogens (tertiary/aromatic N) is 1. The molecule has 2 aromatic carbocycles. The Balaban J connectivity index is 1.75. The largest absolute Gasteiger partial charge is 0.506 e. The summed E-state index contributed by atoms with van der Waals surface area (Å²) in [5.74, 6) is -2.57. The zero-order chi connectivity index (χ0) is 21.0. The van der Waals surface area contributed by atoms with Gasteiger partial charge >= 0.3 is 10.2 Å². The SMILES string of the molecule is O=C1CN(c2c(O)ccc(-c3cccc(NS(=O)(=O)C4CC4)c3)c2F)S(=O)(=O)N1. The van der Waals surface area contributed by atoms with Crippen LogP contribution in [0.15, 0.2) is 36.4 Å². The van der Waals surface area contributed by atoms with Crippen LogP contribution in [-0.4, -0.2) is 39.6 Å². The van der Waals surface area contributed by atoms with Gasteiger partial charge in [0.2, 0.25) is 10.0 Å². The van der Waals surface area contributed by atoms with Crippen LogP contribution in [-0.2, 0) is 25.0 Å². The molecule has 2 fully saturated rings. The smallest absolute Gasteiger partial charge is 0.326 e. The van der Waals surface area contributed by atoms with Crippen LogP contribution >= 0.6 is 0 Å². The van der Waals surface area contributed by atoms with Gasteiger partial charge in [0, 0.05) is 11.3 Å². The van der Waals surface area contributed by atoms with E-state index >= 15 is 4.39 Å². The van der Waals surface area contributed by atoms with Gasteiger partial charge in [0.15, 0.2) is 5.82 Å². The van der Waals surface area contributed by atoms with E-state index in [1.54, 1.807) is 4.72 Å². The van der Waals surface area contributed by atoms with Crippen LogP contribution in [0.4, 0.5) is 15.8 Å². The third-order valence-corrected chi connectivity index (χ3v) is 7.81. The number of phenols is 1. The van der Waals surface area contributed by atoms with Crippen molar-refractivity contribution < 1.29 is 31.1 Å². The Kier molecular flexibility index (Phi) is 4.42. The first-order valence-electron chi connectivity index (χ1n) is 8.55. The fourth-order valence-corrected chi connectivity index (χ4v) is 5.58. The summed E-state index contributed by atoms with van der Waals surface area (Å²) in [6.07, 6.45) is 1.17. The molecule has 9 nitrogen and oxygen atoms in total. The normalized spacial score (nSPS) is 18.5. The van der Waals surface area contributed by atoms with Gasteiger partial charge in [-0.05, 0) is 42.7 Å². The van der Waals surface area contributed by atoms with E-state index in [0.29, 0.717) is 17.1 Å². The number of sulfonamides is 1. The highest BCUT2D eigenvalue weighted by Gasteiger charge is 2.38. The van der Waals surface area contributed by atoms with Gasteiger partial charge in [0.1, 0.15) is 18.0 Å². The average Bonchev–Trinajstić information content (AvgIpc) is 3.42. The standard InChI is InChI=1S/C17H16FN3O6S2/c18-16-13(6-7-14(22)17(16)21-9-15(23)20-29(21,26)27)10-2-1-3-11(8-10)19-28(24,25)12-4-5-12/h1-3,6-8,12,19,22H,4-5,9H2,(H,20,23). The number of halogens is 1. The Hall–Kier alpha value is -2.86. The fraction of sp³-hybridized carbons (Fsp3) is 0.235. The molecule has 0 radical (unpaired) electrons. The van der Waals surface area contributed by atoms with E-state index in [2.05, 4.69) is 4.72 Å². The van der Waals surface area contributed by atoms with Gasteiger partial charge in [0.25, 0.3) is 5.91 Å². The molecule has 1 heterocycles. The second-order valence-electron chi connectivity index (χ2n) is 6.76. The highest BCUT2D eigenvalue weighted by atomic mass is 32.2. The number of anilines is 2. The molecule has 0 spiro atoms. The fourth-order valence-electron chi connectivity index (χ4n) is 3.04. The maximum atomic E-state index is 15.2. The Labute approximate surface area is 166 Å². The van der Waals surface area contributed by atoms with E-state index in [0.717, 1.165) is 6.07 Å². The maximum Gasteiger partial charge on any atom is 0.326 e. The van der Waals surface area contributed by atoms with Gasteiger partial charge < -0.3 is 5.11 Å². The van der Waals surface area contributed by atoms with E-state index < -0.39 is 55.2 Å². The molecular weight excluding hydrogens is 425 g/mol. The van der Waals surface area contributed by atoms with Crippen LogP contribution in [0.25, 0.3) is 11.1 Å². The quantitative estimate of drug-likeness (QED) is 0.640. The first-order valence-corrected chi connectivity index (χ1v) is 11.5. The lowest BCUT2D eigenvalue weighted by molar-refractivity contribution is -0.117. The molecule has 1 amide bonds. The number of aromatic hydroxyl groups is 1. The van der Waals surface area contributed by atoms with Gasteiger partial charge in [-0.25, -0.2) is 21.8 Å². The number of rotatable bonds is 5. The zero-order valence-corrected chi connectivity index (χ0v) is 16.4. The minimum absolute atomic E-state index is 0.0696. The molecule has 0 aromatic heterocycles. The summed E-state index contributed by atoms with van der Waals surface area (Å²) < 4.78 is 68.1. The predicted molar refractivity (Wildman–Crippen MR) is 103 cm³/mol. The van der Waals surface area contributed by atoms with Crippen molar-refractivity contribution in [3.63, 3.8) is 0 Å². The maximum absolute atomic E-state index is 15.2. The lowest BCUT2D eigenvalue weighted by atomic mass is 10.0. The lowest BCUT2D eigenvalue weighted by Crippen LogP contribution is -2.30. The number of hydrogen-bond donors (Lipinski definition) is 3. The number of amides is 1. The molecule has 2 aromatic rings. The molecule has 2 aliphatic rings. The van der Waals surface area contributed by atoms with Crippen LogP contribution in [0.3, 0.4) is 0 Å². The molecule has 0 bridgehead atoms. The first kappa shape index (κ1) is 19.5. The van der Waals surface area contributed by atoms with Gasteiger partial charge in [-0.15, -0.1) is 0 Å². The number of hydrogen-bond acceptors (Lipinski definition) is 6. The van der Waals surface area contributed by atoms with E-state index in [1.807, 2.05) is 0 Å². The van der Waals surface area contributed by atoms with Crippen molar-refractivity contribution in [3.8, 4) is 16.9 Å². The third kappa shape index (κ3) is 3.60. The van der Waals surface area contributed by atoms with Crippen LogP contribution in [0.1, 0.15) is 12.8 Å². The molecule has 4 rings (SSSR count). The predicted octanol–water partition coefficient (Wildman–Crippen LogP) is 1.28. The molecule has 0 unspecified atom stereocenters.